The van der Waals surface area contributed by atoms with Crippen molar-refractivity contribution in [1.29, 1.82) is 0 Å². The van der Waals surface area contributed by atoms with Crippen LogP contribution in [0, 0.1) is 46.9 Å². The zero-order chi connectivity index (χ0) is 5.70. The fourth-order valence-electron chi connectivity index (χ4n) is 0.328. The number of aliphatic carboxylic acids is 1. The van der Waals surface area contributed by atoms with Crippen molar-refractivity contribution in [2.75, 3.05) is 0 Å². The normalized spacial score (nSPS) is 7.62. The van der Waals surface area contributed by atoms with Gasteiger partial charge in [-0.15, -0.1) is 0 Å². The van der Waals surface area contributed by atoms with Crippen LogP contribution in [-0.2, 0) is 4.79 Å². The van der Waals surface area contributed by atoms with E-state index in [1.54, 1.807) is 0 Å². The number of hydrogen-bond donors (Lipinski definition) is 1. The van der Waals surface area contributed by atoms with Crippen molar-refractivity contribution in [1.82, 2.24) is 0 Å². The molecule has 1 N–H and O–H groups in total. The SMILES string of the molecule is CCCCC(=O)O.[Yb]. The zero-order valence-corrected chi connectivity index (χ0v) is 6.46. The Balaban J connectivity index is 0. The van der Waals surface area contributed by atoms with Crippen molar-refractivity contribution in [3.63, 3.8) is 0 Å². The quantitative estimate of drug-likeness (QED) is 0.842. The number of carboxylic acid groups (broad SMARTS) is 1. The molecule has 0 aromatic heterocycles. The van der Waals surface area contributed by atoms with Crippen LogP contribution in [0.3, 0.4) is 0 Å². The number of unbranched alkanes of at least 4 members (excludes halogenated alkanes) is 1. The van der Waals surface area contributed by atoms with E-state index in [4.69, 9.17) is 5.11 Å². The second-order valence-corrected chi connectivity index (χ2v) is 1.50. The summed E-state index contributed by atoms with van der Waals surface area (Å²) in [6.45, 7) is 1.98. The second kappa shape index (κ2) is 7.99. The van der Waals surface area contributed by atoms with Crippen LogP contribution in [-0.4, -0.2) is 11.1 Å². The molecular formula is C5H10O2Yb. The second-order valence-electron chi connectivity index (χ2n) is 1.50. The summed E-state index contributed by atoms with van der Waals surface area (Å²) in [6.07, 6.45) is 2.08. The summed E-state index contributed by atoms with van der Waals surface area (Å²) >= 11 is 0. The van der Waals surface area contributed by atoms with Crippen LogP contribution < -0.4 is 0 Å². The Kier molecular flexibility index (Phi) is 11.7. The summed E-state index contributed by atoms with van der Waals surface area (Å²) in [5.41, 5.74) is 0. The van der Waals surface area contributed by atoms with Crippen molar-refractivity contribution in [2.24, 2.45) is 0 Å². The van der Waals surface area contributed by atoms with Gasteiger partial charge in [-0.3, -0.25) is 4.79 Å². The molecule has 0 saturated heterocycles. The fraction of sp³-hybridized carbons (Fsp3) is 0.800. The van der Waals surface area contributed by atoms with E-state index in [-0.39, 0.29) is 46.9 Å². The van der Waals surface area contributed by atoms with Gasteiger partial charge in [0, 0.05) is 53.3 Å². The molecule has 0 radical (unpaired) electrons. The molecule has 0 rings (SSSR count). The van der Waals surface area contributed by atoms with Crippen LogP contribution in [0.5, 0.6) is 0 Å². The molecule has 56 valence electrons. The van der Waals surface area contributed by atoms with Gasteiger partial charge in [-0.25, -0.2) is 0 Å². The van der Waals surface area contributed by atoms with Crippen LogP contribution >= 0.6 is 0 Å². The van der Waals surface area contributed by atoms with Gasteiger partial charge < -0.3 is 5.11 Å². The van der Waals surface area contributed by atoms with E-state index in [1.165, 1.54) is 0 Å². The summed E-state index contributed by atoms with van der Waals surface area (Å²) in [4.78, 5) is 9.76. The molecule has 2 nitrogen and oxygen atoms in total. The van der Waals surface area contributed by atoms with Gasteiger partial charge in [0.05, 0.1) is 0 Å². The van der Waals surface area contributed by atoms with E-state index in [1.807, 2.05) is 6.92 Å². The monoisotopic (exact) mass is 276 g/mol. The zero-order valence-electron chi connectivity index (χ0n) is 4.74. The first-order valence-corrected chi connectivity index (χ1v) is 2.49. The third-order valence-corrected chi connectivity index (χ3v) is 0.744. The van der Waals surface area contributed by atoms with Gasteiger partial charge in [0.1, 0.15) is 0 Å². The van der Waals surface area contributed by atoms with Crippen molar-refractivity contribution < 1.29 is 56.8 Å². The molecule has 0 atom stereocenters. The van der Waals surface area contributed by atoms with Crippen LogP contribution in [0.25, 0.3) is 0 Å². The number of carbonyl (C=O) groups is 1. The number of carboxylic acids is 1. The Bertz CT molecular complexity index is 63.4. The Morgan fingerprint density at radius 3 is 2.25 bits per heavy atom. The van der Waals surface area contributed by atoms with Crippen LogP contribution in [0.15, 0.2) is 0 Å². The molecule has 0 aliphatic carbocycles. The first-order valence-electron chi connectivity index (χ1n) is 2.49. The Labute approximate surface area is 87.9 Å². The summed E-state index contributed by atoms with van der Waals surface area (Å²) < 4.78 is 0. The molecular weight excluding hydrogens is 265 g/mol. The van der Waals surface area contributed by atoms with Gasteiger partial charge in [0.2, 0.25) is 0 Å². The minimum absolute atomic E-state index is 0. The molecule has 0 amide bonds. The standard InChI is InChI=1S/C5H10O2.Yb/c1-2-3-4-5(6)7;/h2-4H2,1H3,(H,6,7);. The summed E-state index contributed by atoms with van der Waals surface area (Å²) in [5.74, 6) is -0.693. The van der Waals surface area contributed by atoms with Crippen molar-refractivity contribution >= 4 is 5.97 Å². The smallest absolute Gasteiger partial charge is 0.303 e. The average Bonchev–Trinajstić information content (AvgIpc) is 1.61. The number of hydrogen-bond acceptors (Lipinski definition) is 1. The summed E-state index contributed by atoms with van der Waals surface area (Å²) in [6, 6.07) is 0. The Morgan fingerprint density at radius 2 is 2.12 bits per heavy atom. The molecule has 8 heavy (non-hydrogen) atoms. The molecule has 3 heteroatoms. The summed E-state index contributed by atoms with van der Waals surface area (Å²) in [5, 5.41) is 8.04. The molecule has 0 aliphatic heterocycles. The van der Waals surface area contributed by atoms with E-state index < -0.39 is 5.97 Å². The summed E-state index contributed by atoms with van der Waals surface area (Å²) in [7, 11) is 0. The third kappa shape index (κ3) is 10.1. The molecule has 0 aliphatic rings. The molecule has 0 aromatic carbocycles. The van der Waals surface area contributed by atoms with Crippen molar-refractivity contribution in [3.8, 4) is 0 Å². The van der Waals surface area contributed by atoms with Gasteiger partial charge in [-0.05, 0) is 6.42 Å². The van der Waals surface area contributed by atoms with Gasteiger partial charge in [0.15, 0.2) is 0 Å². The Hall–Kier alpha value is 0.989. The third-order valence-electron chi connectivity index (χ3n) is 0.744. The maximum absolute atomic E-state index is 9.76. The van der Waals surface area contributed by atoms with E-state index >= 15 is 0 Å². The van der Waals surface area contributed by atoms with Gasteiger partial charge in [-0.1, -0.05) is 13.3 Å². The minimum atomic E-state index is -0.693. The van der Waals surface area contributed by atoms with Crippen LogP contribution in [0.2, 0.25) is 0 Å². The van der Waals surface area contributed by atoms with E-state index in [9.17, 15) is 4.79 Å². The Morgan fingerprint density at radius 1 is 1.62 bits per heavy atom. The van der Waals surface area contributed by atoms with E-state index in [2.05, 4.69) is 0 Å². The maximum Gasteiger partial charge on any atom is 0.303 e. The molecule has 0 spiro atoms. The van der Waals surface area contributed by atoms with Gasteiger partial charge in [0.25, 0.3) is 0 Å². The molecule has 0 aromatic rings. The molecule has 0 bridgehead atoms. The van der Waals surface area contributed by atoms with E-state index in [0.29, 0.717) is 6.42 Å². The first kappa shape index (κ1) is 11.7. The topological polar surface area (TPSA) is 37.3 Å². The van der Waals surface area contributed by atoms with Gasteiger partial charge >= 0.3 is 5.97 Å². The van der Waals surface area contributed by atoms with Gasteiger partial charge in [-0.2, -0.15) is 0 Å². The van der Waals surface area contributed by atoms with Crippen molar-refractivity contribution in [2.45, 2.75) is 26.2 Å². The molecule has 0 heterocycles. The average molecular weight is 275 g/mol. The molecule has 0 saturated carbocycles. The largest absolute Gasteiger partial charge is 0.481 e. The maximum atomic E-state index is 9.76. The number of rotatable bonds is 3. The fourth-order valence-corrected chi connectivity index (χ4v) is 0.328. The van der Waals surface area contributed by atoms with Crippen LogP contribution in [0.4, 0.5) is 0 Å². The predicted molar refractivity (Wildman–Crippen MR) is 27.2 cm³/mol. The first-order chi connectivity index (χ1) is 3.27. The molecule has 0 unspecified atom stereocenters. The van der Waals surface area contributed by atoms with Crippen molar-refractivity contribution in [3.05, 3.63) is 0 Å². The van der Waals surface area contributed by atoms with E-state index in [0.717, 1.165) is 12.8 Å². The minimum Gasteiger partial charge on any atom is -0.481 e. The predicted octanol–water partition coefficient (Wildman–Crippen LogP) is 1.26. The molecule has 0 fully saturated rings. The van der Waals surface area contributed by atoms with Crippen LogP contribution in [0.1, 0.15) is 26.2 Å².